The number of nitrogens with one attached hydrogen (secondary N) is 2. The van der Waals surface area contributed by atoms with Gasteiger partial charge in [-0.3, -0.25) is 9.69 Å². The number of benzene rings is 2. The Hall–Kier alpha value is -3.39. The van der Waals surface area contributed by atoms with Crippen LogP contribution in [-0.4, -0.2) is 75.9 Å². The summed E-state index contributed by atoms with van der Waals surface area (Å²) in [6.45, 7) is 6.61. The summed E-state index contributed by atoms with van der Waals surface area (Å²) >= 11 is 0. The fraction of sp³-hybridized carbons (Fsp3) is 0.400. The number of rotatable bonds is 8. The van der Waals surface area contributed by atoms with Gasteiger partial charge in [-0.25, -0.2) is 0 Å². The number of carbonyl (C=O) groups is 1. The summed E-state index contributed by atoms with van der Waals surface area (Å²) in [7, 11) is 4.73. The van der Waals surface area contributed by atoms with Crippen LogP contribution in [0.5, 0.6) is 17.2 Å². The highest BCUT2D eigenvalue weighted by molar-refractivity contribution is 6.02. The van der Waals surface area contributed by atoms with Gasteiger partial charge in [0.25, 0.3) is 5.91 Å². The highest BCUT2D eigenvalue weighted by Crippen LogP contribution is 2.41. The highest BCUT2D eigenvalue weighted by Gasteiger charge is 2.23. The molecule has 1 amide bonds. The van der Waals surface area contributed by atoms with Crippen LogP contribution in [0, 0.1) is 0 Å². The molecule has 1 aromatic heterocycles. The number of H-pyrrole nitrogens is 1. The van der Waals surface area contributed by atoms with Crippen molar-refractivity contribution in [3.63, 3.8) is 0 Å². The Kier molecular flexibility index (Phi) is 6.93. The van der Waals surface area contributed by atoms with Crippen molar-refractivity contribution in [2.24, 2.45) is 0 Å². The van der Waals surface area contributed by atoms with E-state index in [0.717, 1.165) is 31.6 Å². The summed E-state index contributed by atoms with van der Waals surface area (Å²) in [4.78, 5) is 20.9. The normalized spacial score (nSPS) is 15.3. The van der Waals surface area contributed by atoms with E-state index in [9.17, 15) is 4.79 Å². The minimum Gasteiger partial charge on any atom is -0.496 e. The van der Waals surface area contributed by atoms with E-state index in [1.165, 1.54) is 5.69 Å². The molecular formula is C25H32N4O4. The predicted molar refractivity (Wildman–Crippen MR) is 130 cm³/mol. The molecule has 1 saturated heterocycles. The summed E-state index contributed by atoms with van der Waals surface area (Å²) < 4.78 is 16.4. The molecule has 2 aromatic carbocycles. The summed E-state index contributed by atoms with van der Waals surface area (Å²) in [5, 5.41) is 3.83. The van der Waals surface area contributed by atoms with Crippen molar-refractivity contribution in [1.82, 2.24) is 15.2 Å². The van der Waals surface area contributed by atoms with Gasteiger partial charge in [0.1, 0.15) is 11.4 Å². The fourth-order valence-corrected chi connectivity index (χ4v) is 4.38. The maximum atomic E-state index is 12.9. The molecule has 1 aliphatic heterocycles. The molecule has 2 heterocycles. The van der Waals surface area contributed by atoms with Crippen molar-refractivity contribution >= 4 is 22.5 Å². The quantitative estimate of drug-likeness (QED) is 0.547. The number of piperazine rings is 1. The summed E-state index contributed by atoms with van der Waals surface area (Å²) in [5.41, 5.74) is 2.39. The van der Waals surface area contributed by atoms with Gasteiger partial charge >= 0.3 is 0 Å². The van der Waals surface area contributed by atoms with Gasteiger partial charge in [0.2, 0.25) is 0 Å². The van der Waals surface area contributed by atoms with E-state index in [-0.39, 0.29) is 11.9 Å². The number of carbonyl (C=O) groups excluding carboxylic acids is 1. The second-order valence-electron chi connectivity index (χ2n) is 8.20. The molecule has 33 heavy (non-hydrogen) atoms. The van der Waals surface area contributed by atoms with Gasteiger partial charge in [0.05, 0.1) is 26.8 Å². The first-order valence-electron chi connectivity index (χ1n) is 11.2. The van der Waals surface area contributed by atoms with Crippen molar-refractivity contribution in [2.45, 2.75) is 13.0 Å². The lowest BCUT2D eigenvalue weighted by Crippen LogP contribution is -2.52. The van der Waals surface area contributed by atoms with Gasteiger partial charge in [-0.1, -0.05) is 18.2 Å². The first kappa shape index (κ1) is 22.8. The molecule has 176 valence electrons. The zero-order valence-electron chi connectivity index (χ0n) is 19.7. The van der Waals surface area contributed by atoms with Crippen molar-refractivity contribution in [2.75, 3.05) is 59.0 Å². The van der Waals surface area contributed by atoms with Gasteiger partial charge in [0, 0.05) is 55.9 Å². The van der Waals surface area contributed by atoms with Crippen LogP contribution >= 0.6 is 0 Å². The number of hydrogen-bond donors (Lipinski definition) is 2. The molecule has 1 atom stereocenters. The van der Waals surface area contributed by atoms with Crippen LogP contribution in [0.3, 0.4) is 0 Å². The van der Waals surface area contributed by atoms with Crippen molar-refractivity contribution in [3.05, 3.63) is 48.2 Å². The first-order valence-corrected chi connectivity index (χ1v) is 11.2. The second kappa shape index (κ2) is 10.0. The van der Waals surface area contributed by atoms with Gasteiger partial charge in [0.15, 0.2) is 11.5 Å². The number of amides is 1. The largest absolute Gasteiger partial charge is 0.496 e. The second-order valence-corrected chi connectivity index (χ2v) is 8.20. The van der Waals surface area contributed by atoms with E-state index in [2.05, 4.69) is 51.3 Å². The molecule has 1 unspecified atom stereocenters. The van der Waals surface area contributed by atoms with E-state index in [1.807, 2.05) is 6.07 Å². The molecular weight excluding hydrogens is 420 g/mol. The van der Waals surface area contributed by atoms with E-state index in [4.69, 9.17) is 14.2 Å². The third-order valence-electron chi connectivity index (χ3n) is 6.30. The topological polar surface area (TPSA) is 79.1 Å². The number of aromatic nitrogens is 1. The predicted octanol–water partition coefficient (Wildman–Crippen LogP) is 3.13. The van der Waals surface area contributed by atoms with Crippen molar-refractivity contribution in [1.29, 1.82) is 0 Å². The number of nitrogens with zero attached hydrogens (tertiary/aromatic N) is 2. The number of hydrogen-bond acceptors (Lipinski definition) is 6. The Bertz CT molecular complexity index is 1090. The minimum atomic E-state index is -0.163. The van der Waals surface area contributed by atoms with E-state index in [1.54, 1.807) is 33.5 Å². The van der Waals surface area contributed by atoms with Crippen LogP contribution in [0.25, 0.3) is 10.9 Å². The van der Waals surface area contributed by atoms with Crippen LogP contribution in [0.2, 0.25) is 0 Å². The Labute approximate surface area is 194 Å². The number of ether oxygens (including phenoxy) is 3. The zero-order valence-corrected chi connectivity index (χ0v) is 19.7. The summed E-state index contributed by atoms with van der Waals surface area (Å²) in [6.07, 6.45) is 0. The minimum absolute atomic E-state index is 0.163. The van der Waals surface area contributed by atoms with E-state index in [0.29, 0.717) is 35.0 Å². The van der Waals surface area contributed by atoms with Crippen molar-refractivity contribution in [3.8, 4) is 17.2 Å². The van der Waals surface area contributed by atoms with Crippen LogP contribution < -0.4 is 24.4 Å². The standard InChI is InChI=1S/C25H32N4O4/c1-17(28-10-12-29(13-11-28)18-8-6-5-7-9-18)16-26-25(30)20-14-19-21(31-2)15-22(32-3)24(33-4)23(19)27-20/h5-9,14-15,17,27H,10-13,16H2,1-4H3,(H,26,30). The molecule has 0 spiro atoms. The molecule has 8 heteroatoms. The van der Waals surface area contributed by atoms with Crippen LogP contribution in [0.15, 0.2) is 42.5 Å². The fourth-order valence-electron chi connectivity index (χ4n) is 4.38. The third kappa shape index (κ3) is 4.71. The van der Waals surface area contributed by atoms with E-state index < -0.39 is 0 Å². The smallest absolute Gasteiger partial charge is 0.267 e. The van der Waals surface area contributed by atoms with Gasteiger partial charge < -0.3 is 29.4 Å². The Balaban J connectivity index is 1.38. The maximum absolute atomic E-state index is 12.9. The number of aromatic amines is 1. The lowest BCUT2D eigenvalue weighted by Gasteiger charge is -2.39. The Morgan fingerprint density at radius 3 is 2.33 bits per heavy atom. The monoisotopic (exact) mass is 452 g/mol. The summed E-state index contributed by atoms with van der Waals surface area (Å²) in [6, 6.07) is 14.3. The molecule has 0 bridgehead atoms. The highest BCUT2D eigenvalue weighted by atomic mass is 16.5. The Morgan fingerprint density at radius 1 is 1.00 bits per heavy atom. The number of anilines is 1. The SMILES string of the molecule is COc1cc(OC)c2cc(C(=O)NCC(C)N3CCN(c4ccccc4)CC3)[nH]c2c1OC. The molecule has 2 N–H and O–H groups in total. The first-order chi connectivity index (χ1) is 16.0. The van der Waals surface area contributed by atoms with Gasteiger partial charge in [-0.05, 0) is 25.1 Å². The average molecular weight is 453 g/mol. The Morgan fingerprint density at radius 2 is 1.70 bits per heavy atom. The third-order valence-corrected chi connectivity index (χ3v) is 6.30. The van der Waals surface area contributed by atoms with Crippen molar-refractivity contribution < 1.29 is 19.0 Å². The molecule has 8 nitrogen and oxygen atoms in total. The molecule has 1 fully saturated rings. The molecule has 0 aliphatic carbocycles. The molecule has 0 radical (unpaired) electrons. The number of fused-ring (bicyclic) bond motifs is 1. The number of methoxy groups -OCH3 is 3. The molecule has 1 aliphatic rings. The lowest BCUT2D eigenvalue weighted by molar-refractivity contribution is 0.0930. The van der Waals surface area contributed by atoms with Crippen LogP contribution in [0.4, 0.5) is 5.69 Å². The number of para-hydroxylation sites is 1. The van der Waals surface area contributed by atoms with Crippen LogP contribution in [-0.2, 0) is 0 Å². The zero-order chi connectivity index (χ0) is 23.4. The average Bonchev–Trinajstić information content (AvgIpc) is 3.32. The maximum Gasteiger partial charge on any atom is 0.267 e. The lowest BCUT2D eigenvalue weighted by atomic mass is 10.2. The van der Waals surface area contributed by atoms with Gasteiger partial charge in [-0.2, -0.15) is 0 Å². The molecule has 4 rings (SSSR count). The molecule has 3 aromatic rings. The van der Waals surface area contributed by atoms with Crippen LogP contribution in [0.1, 0.15) is 17.4 Å². The summed E-state index contributed by atoms with van der Waals surface area (Å²) in [5.74, 6) is 1.53. The van der Waals surface area contributed by atoms with Gasteiger partial charge in [-0.15, -0.1) is 0 Å². The molecule has 0 saturated carbocycles. The van der Waals surface area contributed by atoms with E-state index >= 15 is 0 Å².